The molecule has 0 radical (unpaired) electrons. The topological polar surface area (TPSA) is 92.6 Å². The minimum absolute atomic E-state index is 0.00335. The number of Topliss-reactive ketones (excluding diaryl/α,β-unsaturated/α-hetero) is 1. The van der Waals surface area contributed by atoms with Gasteiger partial charge in [-0.05, 0) is 29.5 Å². The highest BCUT2D eigenvalue weighted by atomic mass is 19.4. The minimum Gasteiger partial charge on any atom is -0.357 e. The smallest absolute Gasteiger partial charge is 0.357 e. The van der Waals surface area contributed by atoms with Crippen LogP contribution < -0.4 is 10.2 Å². The third-order valence-electron chi connectivity index (χ3n) is 5.76. The molecular weight excluding hydrogens is 439 g/mol. The summed E-state index contributed by atoms with van der Waals surface area (Å²) in [6.07, 6.45) is -4.83. The lowest BCUT2D eigenvalue weighted by Gasteiger charge is -2.37. The van der Waals surface area contributed by atoms with Crippen molar-refractivity contribution >= 4 is 28.8 Å². The molecule has 1 amide bonds. The van der Waals surface area contributed by atoms with Crippen LogP contribution >= 0.6 is 0 Å². The van der Waals surface area contributed by atoms with E-state index in [9.17, 15) is 32.9 Å². The molecular formula is C23H20F3N3O4. The Morgan fingerprint density at radius 2 is 1.85 bits per heavy atom. The van der Waals surface area contributed by atoms with Crippen LogP contribution in [-0.2, 0) is 9.59 Å². The zero-order chi connectivity index (χ0) is 24.1. The Morgan fingerprint density at radius 3 is 2.52 bits per heavy atom. The van der Waals surface area contributed by atoms with Gasteiger partial charge in [-0.2, -0.15) is 13.2 Å². The molecule has 1 N–H and O–H groups in total. The Kier molecular flexibility index (Phi) is 5.26. The number of carbonyl (C=O) groups is 2. The first-order chi connectivity index (χ1) is 15.4. The number of ketones is 1. The predicted octanol–water partition coefficient (Wildman–Crippen LogP) is 5.30. The van der Waals surface area contributed by atoms with Crippen LogP contribution in [0.25, 0.3) is 0 Å². The van der Waals surface area contributed by atoms with Crippen molar-refractivity contribution in [1.82, 2.24) is 0 Å². The van der Waals surface area contributed by atoms with Gasteiger partial charge in [-0.3, -0.25) is 24.6 Å². The second-order valence-corrected chi connectivity index (χ2v) is 8.90. The van der Waals surface area contributed by atoms with Crippen molar-refractivity contribution in [2.45, 2.75) is 38.9 Å². The van der Waals surface area contributed by atoms with Gasteiger partial charge in [0.1, 0.15) is 0 Å². The van der Waals surface area contributed by atoms with Crippen LogP contribution in [0.4, 0.5) is 30.2 Å². The fourth-order valence-electron chi connectivity index (χ4n) is 4.47. The Morgan fingerprint density at radius 1 is 1.15 bits per heavy atom. The van der Waals surface area contributed by atoms with Gasteiger partial charge in [-0.25, -0.2) is 0 Å². The average molecular weight is 459 g/mol. The second-order valence-electron chi connectivity index (χ2n) is 8.90. The molecule has 2 aliphatic rings. The number of hydrogen-bond donors (Lipinski definition) is 1. The van der Waals surface area contributed by atoms with Crippen molar-refractivity contribution in [3.05, 3.63) is 75.5 Å². The van der Waals surface area contributed by atoms with Crippen LogP contribution in [0.3, 0.4) is 0 Å². The molecule has 172 valence electrons. The van der Waals surface area contributed by atoms with Gasteiger partial charge in [0.15, 0.2) is 5.78 Å². The summed E-state index contributed by atoms with van der Waals surface area (Å²) in [5.41, 5.74) is -0.212. The molecule has 2 aromatic rings. The first-order valence-corrected chi connectivity index (χ1v) is 10.2. The lowest BCUT2D eigenvalue weighted by molar-refractivity contribution is -0.384. The monoisotopic (exact) mass is 459 g/mol. The third-order valence-corrected chi connectivity index (χ3v) is 5.76. The number of allylic oxidation sites excluding steroid dienone is 1. The summed E-state index contributed by atoms with van der Waals surface area (Å²) in [4.78, 5) is 37.3. The highest BCUT2D eigenvalue weighted by molar-refractivity contribution is 6.07. The van der Waals surface area contributed by atoms with E-state index in [-0.39, 0.29) is 34.6 Å². The first-order valence-electron chi connectivity index (χ1n) is 10.2. The number of anilines is 2. The summed E-state index contributed by atoms with van der Waals surface area (Å²) in [5.74, 6) is -2.59. The van der Waals surface area contributed by atoms with Crippen molar-refractivity contribution in [3.8, 4) is 0 Å². The maximum absolute atomic E-state index is 13.8. The molecule has 0 saturated heterocycles. The number of fused-ring (bicyclic) bond motifs is 1. The number of nitrogens with zero attached hydrogens (tertiary/aromatic N) is 2. The fraction of sp³-hybridized carbons (Fsp3) is 0.304. The molecule has 4 rings (SSSR count). The van der Waals surface area contributed by atoms with Crippen molar-refractivity contribution < 1.29 is 27.7 Å². The van der Waals surface area contributed by atoms with Crippen molar-refractivity contribution in [2.75, 3.05) is 10.2 Å². The largest absolute Gasteiger partial charge is 0.471 e. The summed E-state index contributed by atoms with van der Waals surface area (Å²) < 4.78 is 41.3. The van der Waals surface area contributed by atoms with Crippen LogP contribution in [0.2, 0.25) is 0 Å². The lowest BCUT2D eigenvalue weighted by Crippen LogP contribution is -2.45. The predicted molar refractivity (Wildman–Crippen MR) is 114 cm³/mol. The minimum atomic E-state index is -5.24. The van der Waals surface area contributed by atoms with E-state index in [1.165, 1.54) is 36.4 Å². The molecule has 0 saturated carbocycles. The number of halogens is 3. The van der Waals surface area contributed by atoms with Crippen LogP contribution in [0.5, 0.6) is 0 Å². The number of para-hydroxylation sites is 2. The zero-order valence-corrected chi connectivity index (χ0v) is 17.8. The quantitative estimate of drug-likeness (QED) is 0.486. The number of benzene rings is 2. The molecule has 0 bridgehead atoms. The summed E-state index contributed by atoms with van der Waals surface area (Å²) in [6, 6.07) is 9.49. The van der Waals surface area contributed by atoms with E-state index in [0.29, 0.717) is 17.0 Å². The van der Waals surface area contributed by atoms with E-state index in [1.807, 2.05) is 13.8 Å². The van der Waals surface area contributed by atoms with Gasteiger partial charge in [-0.15, -0.1) is 0 Å². The Hall–Kier alpha value is -3.69. The molecule has 0 spiro atoms. The number of carbonyl (C=O) groups excluding carboxylic acids is 2. The molecule has 1 aliphatic heterocycles. The number of amides is 1. The lowest BCUT2D eigenvalue weighted by atomic mass is 9.73. The number of nitro benzene ring substituents is 1. The number of non-ortho nitro benzene ring substituents is 1. The number of rotatable bonds is 2. The van der Waals surface area contributed by atoms with E-state index < -0.39 is 34.2 Å². The highest BCUT2D eigenvalue weighted by Gasteiger charge is 2.50. The van der Waals surface area contributed by atoms with E-state index in [1.54, 1.807) is 6.07 Å². The van der Waals surface area contributed by atoms with E-state index >= 15 is 0 Å². The normalized spacial score (nSPS) is 19.8. The molecule has 0 aromatic heterocycles. The SMILES string of the molecule is CC1(C)CC(=O)C2=C(C1)Nc1ccccc1N(C(=O)C(F)(F)F)C2c1cccc([N+](=O)[O-])c1. The van der Waals surface area contributed by atoms with E-state index in [2.05, 4.69) is 5.32 Å². The van der Waals surface area contributed by atoms with Gasteiger partial charge in [0.2, 0.25) is 0 Å². The third kappa shape index (κ3) is 4.08. The molecule has 7 nitrogen and oxygen atoms in total. The molecule has 1 aliphatic carbocycles. The number of nitro groups is 1. The Bertz CT molecular complexity index is 1200. The van der Waals surface area contributed by atoms with Crippen molar-refractivity contribution in [3.63, 3.8) is 0 Å². The summed E-state index contributed by atoms with van der Waals surface area (Å²) in [7, 11) is 0. The fourth-order valence-corrected chi connectivity index (χ4v) is 4.47. The van der Waals surface area contributed by atoms with Gasteiger partial charge in [0.25, 0.3) is 5.69 Å². The zero-order valence-electron chi connectivity index (χ0n) is 17.8. The molecule has 0 fully saturated rings. The Labute approximate surface area is 187 Å². The van der Waals surface area contributed by atoms with Crippen molar-refractivity contribution in [1.29, 1.82) is 0 Å². The second kappa shape index (κ2) is 7.72. The molecule has 10 heteroatoms. The average Bonchev–Trinajstić information content (AvgIpc) is 2.85. The Balaban J connectivity index is 2.05. The number of alkyl halides is 3. The van der Waals surface area contributed by atoms with Crippen LogP contribution in [0, 0.1) is 15.5 Å². The van der Waals surface area contributed by atoms with Crippen molar-refractivity contribution in [2.24, 2.45) is 5.41 Å². The molecule has 1 atom stereocenters. The standard InChI is InChI=1S/C23H20F3N3O4/c1-22(2)11-16-19(18(30)12-22)20(13-6-5-7-14(10-13)29(32)33)28(21(31)23(24,25)26)17-9-4-3-8-15(17)27-16/h3-10,20,27H,11-12H2,1-2H3. The highest BCUT2D eigenvalue weighted by Crippen LogP contribution is 2.49. The van der Waals surface area contributed by atoms with Gasteiger partial charge in [0.05, 0.1) is 22.3 Å². The molecule has 2 aromatic carbocycles. The molecule has 1 heterocycles. The molecule has 33 heavy (non-hydrogen) atoms. The number of nitrogens with one attached hydrogen (secondary N) is 1. The maximum Gasteiger partial charge on any atom is 0.471 e. The number of hydrogen-bond acceptors (Lipinski definition) is 5. The van der Waals surface area contributed by atoms with E-state index in [0.717, 1.165) is 6.07 Å². The maximum atomic E-state index is 13.8. The van der Waals surface area contributed by atoms with Gasteiger partial charge < -0.3 is 5.32 Å². The van der Waals surface area contributed by atoms with Crippen LogP contribution in [-0.4, -0.2) is 22.8 Å². The summed E-state index contributed by atoms with van der Waals surface area (Å²) in [5, 5.41) is 14.4. The molecule has 1 unspecified atom stereocenters. The summed E-state index contributed by atoms with van der Waals surface area (Å²) in [6.45, 7) is 3.74. The van der Waals surface area contributed by atoms with E-state index in [4.69, 9.17) is 0 Å². The first kappa shape index (κ1) is 22.5. The van der Waals surface area contributed by atoms with Gasteiger partial charge in [0, 0.05) is 29.8 Å². The van der Waals surface area contributed by atoms with Crippen LogP contribution in [0.1, 0.15) is 38.3 Å². The van der Waals surface area contributed by atoms with Gasteiger partial charge >= 0.3 is 12.1 Å². The van der Waals surface area contributed by atoms with Gasteiger partial charge in [-0.1, -0.05) is 38.1 Å². The van der Waals surface area contributed by atoms with Crippen LogP contribution in [0.15, 0.2) is 59.8 Å². The summed E-state index contributed by atoms with van der Waals surface area (Å²) >= 11 is 0.